The maximum atomic E-state index is 10.7. The second kappa shape index (κ2) is 5.13. The van der Waals surface area contributed by atoms with Crippen molar-refractivity contribution >= 4 is 5.91 Å². The van der Waals surface area contributed by atoms with Crippen LogP contribution in [0.4, 0.5) is 0 Å². The molecule has 70 valence electrons. The van der Waals surface area contributed by atoms with E-state index in [-0.39, 0.29) is 5.91 Å². The van der Waals surface area contributed by atoms with Gasteiger partial charge in [-0.25, -0.2) is 0 Å². The molecule has 1 rings (SSSR count). The maximum Gasteiger partial charge on any atom is 0.243 e. The summed E-state index contributed by atoms with van der Waals surface area (Å²) < 4.78 is 1.83. The lowest BCUT2D eigenvalue weighted by atomic mass is 10.4. The quantitative estimate of drug-likeness (QED) is 0.530. The average molecular weight is 179 g/mol. The van der Waals surface area contributed by atoms with Crippen molar-refractivity contribution in [1.29, 1.82) is 0 Å². The van der Waals surface area contributed by atoms with E-state index in [0.717, 1.165) is 13.0 Å². The number of rotatable bonds is 5. The smallest absolute Gasteiger partial charge is 0.243 e. The van der Waals surface area contributed by atoms with Gasteiger partial charge in [-0.05, 0) is 18.6 Å². The molecule has 1 heterocycles. The molecule has 0 aliphatic carbocycles. The summed E-state index contributed by atoms with van der Waals surface area (Å²) in [5, 5.41) is 6.73. The van der Waals surface area contributed by atoms with Gasteiger partial charge in [0.05, 0.1) is 0 Å². The number of hydrogen-bond acceptors (Lipinski definition) is 2. The van der Waals surface area contributed by atoms with Crippen LogP contribution in [0.3, 0.4) is 0 Å². The Morgan fingerprint density at radius 1 is 1.69 bits per heavy atom. The number of nitrogens with zero attached hydrogens (tertiary/aromatic N) is 2. The predicted octanol–water partition coefficient (Wildman–Crippen LogP) is 0.575. The van der Waals surface area contributed by atoms with Crippen LogP contribution in [0.1, 0.15) is 6.42 Å². The molecule has 0 aliphatic heterocycles. The molecule has 1 amide bonds. The van der Waals surface area contributed by atoms with Crippen LogP contribution in [0.5, 0.6) is 0 Å². The Hall–Kier alpha value is -1.58. The first-order valence-electron chi connectivity index (χ1n) is 4.20. The minimum Gasteiger partial charge on any atom is -0.353 e. The van der Waals surface area contributed by atoms with Gasteiger partial charge in [0.15, 0.2) is 0 Å². The Kier molecular flexibility index (Phi) is 3.75. The number of aryl methyl sites for hydroxylation is 1. The summed E-state index contributed by atoms with van der Waals surface area (Å²) in [5.41, 5.74) is 0. The van der Waals surface area contributed by atoms with E-state index in [1.807, 2.05) is 16.9 Å². The molecule has 0 saturated carbocycles. The zero-order valence-corrected chi connectivity index (χ0v) is 7.44. The standard InChI is InChI=1S/C9H13N3O/c1-2-9(13)10-5-3-7-12-8-4-6-11-12/h2,4,6,8H,1,3,5,7H2,(H,10,13). The number of hydrogen-bond donors (Lipinski definition) is 1. The number of aromatic nitrogens is 2. The van der Waals surface area contributed by atoms with Crippen molar-refractivity contribution in [3.8, 4) is 0 Å². The summed E-state index contributed by atoms with van der Waals surface area (Å²) in [6, 6.07) is 1.88. The fourth-order valence-electron chi connectivity index (χ4n) is 0.958. The summed E-state index contributed by atoms with van der Waals surface area (Å²) in [6.07, 6.45) is 5.78. The molecule has 1 N–H and O–H groups in total. The molecular formula is C9H13N3O. The summed E-state index contributed by atoms with van der Waals surface area (Å²) in [6.45, 7) is 4.84. The lowest BCUT2D eigenvalue weighted by Crippen LogP contribution is -2.22. The third kappa shape index (κ3) is 3.55. The van der Waals surface area contributed by atoms with E-state index in [1.54, 1.807) is 6.20 Å². The first kappa shape index (κ1) is 9.51. The molecule has 1 aromatic rings. The average Bonchev–Trinajstić information content (AvgIpc) is 2.64. The van der Waals surface area contributed by atoms with E-state index in [1.165, 1.54) is 6.08 Å². The van der Waals surface area contributed by atoms with Crippen molar-refractivity contribution in [1.82, 2.24) is 15.1 Å². The highest BCUT2D eigenvalue weighted by Crippen LogP contribution is 1.87. The van der Waals surface area contributed by atoms with E-state index in [0.29, 0.717) is 6.54 Å². The Balaban J connectivity index is 2.08. The molecule has 0 unspecified atom stereocenters. The SMILES string of the molecule is C=CC(=O)NCCCn1cccn1. The van der Waals surface area contributed by atoms with Crippen molar-refractivity contribution in [3.05, 3.63) is 31.1 Å². The van der Waals surface area contributed by atoms with Crippen LogP contribution in [0.15, 0.2) is 31.1 Å². The van der Waals surface area contributed by atoms with Gasteiger partial charge >= 0.3 is 0 Å². The van der Waals surface area contributed by atoms with Crippen LogP contribution in [-0.4, -0.2) is 22.2 Å². The number of carbonyl (C=O) groups is 1. The second-order valence-electron chi connectivity index (χ2n) is 2.62. The minimum atomic E-state index is -0.125. The molecule has 0 bridgehead atoms. The van der Waals surface area contributed by atoms with Gasteiger partial charge in [0.25, 0.3) is 0 Å². The molecule has 0 atom stereocenters. The Morgan fingerprint density at radius 2 is 2.54 bits per heavy atom. The Morgan fingerprint density at radius 3 is 3.15 bits per heavy atom. The number of amides is 1. The molecule has 4 heteroatoms. The van der Waals surface area contributed by atoms with Crippen molar-refractivity contribution in [2.45, 2.75) is 13.0 Å². The largest absolute Gasteiger partial charge is 0.353 e. The summed E-state index contributed by atoms with van der Waals surface area (Å²) >= 11 is 0. The summed E-state index contributed by atoms with van der Waals surface area (Å²) in [7, 11) is 0. The number of nitrogens with one attached hydrogen (secondary N) is 1. The highest BCUT2D eigenvalue weighted by atomic mass is 16.1. The fourth-order valence-corrected chi connectivity index (χ4v) is 0.958. The lowest BCUT2D eigenvalue weighted by molar-refractivity contribution is -0.116. The molecule has 0 aliphatic rings. The zero-order chi connectivity index (χ0) is 9.52. The summed E-state index contributed by atoms with van der Waals surface area (Å²) in [5.74, 6) is -0.125. The monoisotopic (exact) mass is 179 g/mol. The van der Waals surface area contributed by atoms with E-state index >= 15 is 0 Å². The molecule has 4 nitrogen and oxygen atoms in total. The molecule has 0 spiro atoms. The van der Waals surface area contributed by atoms with E-state index in [4.69, 9.17) is 0 Å². The van der Waals surface area contributed by atoms with Crippen molar-refractivity contribution in [3.63, 3.8) is 0 Å². The first-order valence-corrected chi connectivity index (χ1v) is 4.20. The lowest BCUT2D eigenvalue weighted by Gasteiger charge is -2.02. The molecule has 1 aromatic heterocycles. The molecular weight excluding hydrogens is 166 g/mol. The van der Waals surface area contributed by atoms with Gasteiger partial charge in [0.1, 0.15) is 0 Å². The minimum absolute atomic E-state index is 0.125. The zero-order valence-electron chi connectivity index (χ0n) is 7.44. The fraction of sp³-hybridized carbons (Fsp3) is 0.333. The van der Waals surface area contributed by atoms with Gasteiger partial charge in [0.2, 0.25) is 5.91 Å². The van der Waals surface area contributed by atoms with Gasteiger partial charge in [-0.1, -0.05) is 6.58 Å². The number of carbonyl (C=O) groups excluding carboxylic acids is 1. The van der Waals surface area contributed by atoms with Crippen LogP contribution in [-0.2, 0) is 11.3 Å². The highest BCUT2D eigenvalue weighted by molar-refractivity contribution is 5.86. The summed E-state index contributed by atoms with van der Waals surface area (Å²) in [4.78, 5) is 10.7. The maximum absolute atomic E-state index is 10.7. The molecule has 0 saturated heterocycles. The van der Waals surface area contributed by atoms with Crippen molar-refractivity contribution < 1.29 is 4.79 Å². The van der Waals surface area contributed by atoms with Crippen LogP contribution in [0, 0.1) is 0 Å². The molecule has 0 aromatic carbocycles. The Labute approximate surface area is 77.3 Å². The van der Waals surface area contributed by atoms with Gasteiger partial charge in [-0.3, -0.25) is 9.48 Å². The molecule has 0 radical (unpaired) electrons. The normalized spacial score (nSPS) is 9.54. The van der Waals surface area contributed by atoms with E-state index in [9.17, 15) is 4.79 Å². The van der Waals surface area contributed by atoms with Crippen molar-refractivity contribution in [2.75, 3.05) is 6.54 Å². The van der Waals surface area contributed by atoms with Crippen LogP contribution in [0.2, 0.25) is 0 Å². The van der Waals surface area contributed by atoms with Crippen LogP contribution in [0.25, 0.3) is 0 Å². The third-order valence-electron chi connectivity index (χ3n) is 1.61. The van der Waals surface area contributed by atoms with Gasteiger partial charge < -0.3 is 5.32 Å². The topological polar surface area (TPSA) is 46.9 Å². The molecule has 13 heavy (non-hydrogen) atoms. The van der Waals surface area contributed by atoms with E-state index < -0.39 is 0 Å². The first-order chi connectivity index (χ1) is 6.33. The molecule has 0 fully saturated rings. The van der Waals surface area contributed by atoms with E-state index in [2.05, 4.69) is 17.0 Å². The van der Waals surface area contributed by atoms with Gasteiger partial charge in [0, 0.05) is 25.5 Å². The van der Waals surface area contributed by atoms with Gasteiger partial charge in [-0.15, -0.1) is 0 Å². The van der Waals surface area contributed by atoms with Gasteiger partial charge in [-0.2, -0.15) is 5.10 Å². The Bertz CT molecular complexity index is 266. The third-order valence-corrected chi connectivity index (χ3v) is 1.61. The highest BCUT2D eigenvalue weighted by Gasteiger charge is 1.93. The predicted molar refractivity (Wildman–Crippen MR) is 50.1 cm³/mol. The van der Waals surface area contributed by atoms with Crippen molar-refractivity contribution in [2.24, 2.45) is 0 Å². The van der Waals surface area contributed by atoms with Crippen LogP contribution >= 0.6 is 0 Å². The second-order valence-corrected chi connectivity index (χ2v) is 2.62. The van der Waals surface area contributed by atoms with Crippen LogP contribution < -0.4 is 5.32 Å².